The van der Waals surface area contributed by atoms with Crippen molar-refractivity contribution in [3.63, 3.8) is 0 Å². The van der Waals surface area contributed by atoms with Gasteiger partial charge in [0.05, 0.1) is 10.2 Å². The Kier molecular flexibility index (Phi) is 3.34. The van der Waals surface area contributed by atoms with Crippen LogP contribution in [0.1, 0.15) is 13.8 Å². The van der Waals surface area contributed by atoms with Crippen molar-refractivity contribution in [2.24, 2.45) is 0 Å². The highest BCUT2D eigenvalue weighted by Crippen LogP contribution is 2.29. The molecule has 0 bridgehead atoms. The molecular weight excluding hydrogens is 322 g/mol. The molecule has 0 aromatic heterocycles. The Morgan fingerprint density at radius 2 is 1.89 bits per heavy atom. The van der Waals surface area contributed by atoms with Gasteiger partial charge in [0.15, 0.2) is 0 Å². The molecule has 1 N–H and O–H groups in total. The topological polar surface area (TPSA) is 49.4 Å². The van der Waals surface area contributed by atoms with Crippen molar-refractivity contribution >= 4 is 33.4 Å². The first kappa shape index (κ1) is 13.9. The summed E-state index contributed by atoms with van der Waals surface area (Å²) in [6.45, 7) is 2.75. The van der Waals surface area contributed by atoms with Crippen LogP contribution in [-0.4, -0.2) is 23.9 Å². The van der Waals surface area contributed by atoms with Gasteiger partial charge in [-0.25, -0.2) is 8.78 Å². The summed E-state index contributed by atoms with van der Waals surface area (Å²) < 4.78 is 27.0. The molecule has 0 radical (unpaired) electrons. The number of carbonyl (C=O) groups is 2. The number of halogens is 3. The number of anilines is 1. The van der Waals surface area contributed by atoms with E-state index in [1.807, 2.05) is 0 Å². The number of piperazine rings is 1. The Balaban J connectivity index is 2.49. The summed E-state index contributed by atoms with van der Waals surface area (Å²) in [6, 6.07) is 1.82. The first-order valence-electron chi connectivity index (χ1n) is 5.50. The third-order valence-corrected chi connectivity index (χ3v) is 3.42. The summed E-state index contributed by atoms with van der Waals surface area (Å²) in [5.74, 6) is -2.51. The predicted octanol–water partition coefficient (Wildman–Crippen LogP) is 1.97. The van der Waals surface area contributed by atoms with Crippen LogP contribution in [0.2, 0.25) is 0 Å². The minimum Gasteiger partial charge on any atom is -0.341 e. The van der Waals surface area contributed by atoms with Crippen molar-refractivity contribution < 1.29 is 18.4 Å². The lowest BCUT2D eigenvalue weighted by Crippen LogP contribution is -2.64. The molecule has 1 saturated heterocycles. The molecule has 1 aromatic rings. The number of benzene rings is 1. The van der Waals surface area contributed by atoms with Gasteiger partial charge >= 0.3 is 0 Å². The zero-order valence-electron chi connectivity index (χ0n) is 10.3. The minimum atomic E-state index is -1.12. The van der Waals surface area contributed by atoms with E-state index in [0.717, 1.165) is 11.0 Å². The summed E-state index contributed by atoms with van der Waals surface area (Å²) in [4.78, 5) is 24.7. The zero-order chi connectivity index (χ0) is 14.4. The fraction of sp³-hybridized carbons (Fsp3) is 0.333. The van der Waals surface area contributed by atoms with Crippen molar-refractivity contribution in [3.05, 3.63) is 28.2 Å². The molecule has 1 aliphatic heterocycles. The molecule has 2 rings (SSSR count). The van der Waals surface area contributed by atoms with E-state index in [9.17, 15) is 18.4 Å². The van der Waals surface area contributed by atoms with Crippen LogP contribution in [-0.2, 0) is 9.59 Å². The third kappa shape index (κ3) is 2.47. The number of hydrogen-bond donors (Lipinski definition) is 1. The minimum absolute atomic E-state index is 0.0282. The molecule has 102 valence electrons. The van der Waals surface area contributed by atoms with Gasteiger partial charge in [-0.2, -0.15) is 0 Å². The molecule has 1 heterocycles. The van der Waals surface area contributed by atoms with Gasteiger partial charge in [-0.15, -0.1) is 0 Å². The highest BCUT2D eigenvalue weighted by atomic mass is 79.9. The normalized spacial score (nSPS) is 18.5. The molecule has 0 spiro atoms. The molecule has 0 atom stereocenters. The van der Waals surface area contributed by atoms with E-state index < -0.39 is 29.0 Å². The Labute approximate surface area is 116 Å². The quantitative estimate of drug-likeness (QED) is 0.799. The number of nitrogens with zero attached hydrogens (tertiary/aromatic N) is 1. The lowest BCUT2D eigenvalue weighted by atomic mass is 10.00. The molecule has 2 amide bonds. The second-order valence-electron chi connectivity index (χ2n) is 4.78. The van der Waals surface area contributed by atoms with Crippen LogP contribution in [0.4, 0.5) is 14.5 Å². The van der Waals surface area contributed by atoms with Crippen molar-refractivity contribution in [1.29, 1.82) is 0 Å². The van der Waals surface area contributed by atoms with Crippen LogP contribution in [0.15, 0.2) is 16.6 Å². The van der Waals surface area contributed by atoms with Gasteiger partial charge in [-0.05, 0) is 35.8 Å². The van der Waals surface area contributed by atoms with Gasteiger partial charge in [-0.3, -0.25) is 14.5 Å². The van der Waals surface area contributed by atoms with Crippen LogP contribution in [0.3, 0.4) is 0 Å². The standard InChI is InChI=1S/C12H11BrF2N2O2/c1-12(2)11(19)17(5-10(18)16-12)9-3-6(13)7(14)4-8(9)15/h3-4H,5H2,1-2H3,(H,16,18). The fourth-order valence-electron chi connectivity index (χ4n) is 1.91. The Bertz CT molecular complexity index is 575. The van der Waals surface area contributed by atoms with Gasteiger partial charge in [-0.1, -0.05) is 0 Å². The average molecular weight is 333 g/mol. The van der Waals surface area contributed by atoms with E-state index in [4.69, 9.17) is 0 Å². The summed E-state index contributed by atoms with van der Waals surface area (Å²) in [6.07, 6.45) is 0. The van der Waals surface area contributed by atoms with Crippen LogP contribution in [0.25, 0.3) is 0 Å². The average Bonchev–Trinajstić information content (AvgIpc) is 2.28. The Hall–Kier alpha value is -1.50. The van der Waals surface area contributed by atoms with Crippen molar-refractivity contribution in [3.8, 4) is 0 Å². The highest BCUT2D eigenvalue weighted by Gasteiger charge is 2.40. The van der Waals surface area contributed by atoms with Crippen LogP contribution in [0, 0.1) is 11.6 Å². The van der Waals surface area contributed by atoms with Gasteiger partial charge in [0.25, 0.3) is 5.91 Å². The van der Waals surface area contributed by atoms with Crippen LogP contribution >= 0.6 is 15.9 Å². The van der Waals surface area contributed by atoms with Crippen LogP contribution in [0.5, 0.6) is 0 Å². The molecule has 4 nitrogen and oxygen atoms in total. The van der Waals surface area contributed by atoms with Gasteiger partial charge in [0.1, 0.15) is 23.7 Å². The Morgan fingerprint density at radius 3 is 2.53 bits per heavy atom. The van der Waals surface area contributed by atoms with E-state index in [0.29, 0.717) is 6.07 Å². The second-order valence-corrected chi connectivity index (χ2v) is 5.64. The smallest absolute Gasteiger partial charge is 0.252 e. The van der Waals surface area contributed by atoms with Crippen molar-refractivity contribution in [2.75, 3.05) is 11.4 Å². The highest BCUT2D eigenvalue weighted by molar-refractivity contribution is 9.10. The third-order valence-electron chi connectivity index (χ3n) is 2.81. The number of amides is 2. The molecule has 1 aliphatic rings. The maximum atomic E-state index is 13.8. The first-order chi connectivity index (χ1) is 8.72. The second kappa shape index (κ2) is 4.56. The van der Waals surface area contributed by atoms with E-state index >= 15 is 0 Å². The van der Waals surface area contributed by atoms with Crippen LogP contribution < -0.4 is 10.2 Å². The SMILES string of the molecule is CC1(C)NC(=O)CN(c2cc(Br)c(F)cc2F)C1=O. The summed E-state index contributed by atoms with van der Waals surface area (Å²) in [5, 5.41) is 2.51. The molecule has 0 saturated carbocycles. The number of nitrogens with one attached hydrogen (secondary N) is 1. The molecule has 19 heavy (non-hydrogen) atoms. The molecule has 1 aromatic carbocycles. The monoisotopic (exact) mass is 332 g/mol. The van der Waals surface area contributed by atoms with E-state index in [1.165, 1.54) is 13.8 Å². The predicted molar refractivity (Wildman–Crippen MR) is 68.6 cm³/mol. The summed E-state index contributed by atoms with van der Waals surface area (Å²) in [7, 11) is 0. The maximum absolute atomic E-state index is 13.8. The molecule has 0 aliphatic carbocycles. The summed E-state index contributed by atoms with van der Waals surface area (Å²) >= 11 is 2.93. The van der Waals surface area contributed by atoms with Gasteiger partial charge in [0.2, 0.25) is 5.91 Å². The van der Waals surface area contributed by atoms with Gasteiger partial charge in [0, 0.05) is 6.07 Å². The van der Waals surface area contributed by atoms with E-state index in [2.05, 4.69) is 21.2 Å². The Morgan fingerprint density at radius 1 is 1.26 bits per heavy atom. The largest absolute Gasteiger partial charge is 0.341 e. The first-order valence-corrected chi connectivity index (χ1v) is 6.29. The van der Waals surface area contributed by atoms with Crippen molar-refractivity contribution in [1.82, 2.24) is 5.32 Å². The molecular formula is C12H11BrF2N2O2. The van der Waals surface area contributed by atoms with E-state index in [1.54, 1.807) is 0 Å². The number of carbonyl (C=O) groups excluding carboxylic acids is 2. The zero-order valence-corrected chi connectivity index (χ0v) is 11.8. The number of hydrogen-bond acceptors (Lipinski definition) is 2. The molecule has 7 heteroatoms. The fourth-order valence-corrected chi connectivity index (χ4v) is 2.24. The number of rotatable bonds is 1. The summed E-state index contributed by atoms with van der Waals surface area (Å²) in [5.41, 5.74) is -1.25. The molecule has 1 fully saturated rings. The van der Waals surface area contributed by atoms with E-state index in [-0.39, 0.29) is 16.7 Å². The van der Waals surface area contributed by atoms with Gasteiger partial charge < -0.3 is 5.32 Å². The lowest BCUT2D eigenvalue weighted by molar-refractivity contribution is -0.134. The van der Waals surface area contributed by atoms with Crippen molar-refractivity contribution in [2.45, 2.75) is 19.4 Å². The lowest BCUT2D eigenvalue weighted by Gasteiger charge is -2.37. The maximum Gasteiger partial charge on any atom is 0.252 e. The molecule has 0 unspecified atom stereocenters.